The molecule has 2 rings (SSSR count). The lowest BCUT2D eigenvalue weighted by Crippen LogP contribution is -2.35. The molecule has 0 fully saturated rings. The highest BCUT2D eigenvalue weighted by Gasteiger charge is 2.14. The molecular weight excluding hydrogens is 338 g/mol. The highest BCUT2D eigenvalue weighted by molar-refractivity contribution is 7.98. The van der Waals surface area contributed by atoms with Crippen LogP contribution in [-0.2, 0) is 23.5 Å². The first-order chi connectivity index (χ1) is 10.5. The van der Waals surface area contributed by atoms with Crippen LogP contribution < -0.4 is 11.1 Å². The zero-order chi connectivity index (χ0) is 16.1. The number of amidine groups is 2. The largest absolute Gasteiger partial charge is 0.380 e. The van der Waals surface area contributed by atoms with Gasteiger partial charge in [-0.2, -0.15) is 11.8 Å². The van der Waals surface area contributed by atoms with Gasteiger partial charge in [0.25, 0.3) is 11.2 Å². The minimum atomic E-state index is -1.55. The van der Waals surface area contributed by atoms with Crippen molar-refractivity contribution in [3.05, 3.63) is 21.4 Å². The van der Waals surface area contributed by atoms with E-state index < -0.39 is 11.2 Å². The van der Waals surface area contributed by atoms with Gasteiger partial charge in [-0.25, -0.2) is 4.21 Å². The summed E-state index contributed by atoms with van der Waals surface area (Å²) in [5, 5.41) is 3.07. The minimum absolute atomic E-state index is 0.227. The van der Waals surface area contributed by atoms with Crippen LogP contribution in [0.15, 0.2) is 14.9 Å². The molecule has 0 aromatic carbocycles. The lowest BCUT2D eigenvalue weighted by molar-refractivity contribution is 0.405. The van der Waals surface area contributed by atoms with Crippen LogP contribution in [0.3, 0.4) is 0 Å². The van der Waals surface area contributed by atoms with Gasteiger partial charge in [-0.15, -0.1) is 20.1 Å². The van der Waals surface area contributed by atoms with E-state index in [0.29, 0.717) is 5.84 Å². The molecule has 1 aliphatic heterocycles. The number of hydrogen-bond acceptors (Lipinski definition) is 6. The normalized spacial score (nSPS) is 17.7. The van der Waals surface area contributed by atoms with Crippen LogP contribution in [-0.4, -0.2) is 47.2 Å². The van der Waals surface area contributed by atoms with Crippen LogP contribution in [0.4, 0.5) is 0 Å². The molecule has 1 aromatic rings. The molecular formula is C13H21N5OS3. The van der Waals surface area contributed by atoms with E-state index in [9.17, 15) is 4.21 Å². The van der Waals surface area contributed by atoms with E-state index in [1.54, 1.807) is 0 Å². The average molecular weight is 360 g/mol. The van der Waals surface area contributed by atoms with Crippen molar-refractivity contribution in [2.45, 2.75) is 19.2 Å². The van der Waals surface area contributed by atoms with Crippen molar-refractivity contribution >= 4 is 45.9 Å². The van der Waals surface area contributed by atoms with Crippen molar-refractivity contribution in [3.63, 3.8) is 0 Å². The number of nitrogens with zero attached hydrogens (tertiary/aromatic N) is 3. The number of thioether (sulfide) groups is 1. The summed E-state index contributed by atoms with van der Waals surface area (Å²) in [4.78, 5) is 5.03. The number of nitrogens with two attached hydrogens (primary N) is 1. The van der Waals surface area contributed by atoms with Gasteiger partial charge in [0.15, 0.2) is 11.7 Å². The third-order valence-corrected chi connectivity index (χ3v) is 6.01. The maximum atomic E-state index is 11.1. The predicted molar refractivity (Wildman–Crippen MR) is 97.8 cm³/mol. The van der Waals surface area contributed by atoms with Crippen LogP contribution >= 0.6 is 23.1 Å². The number of rotatable bonds is 7. The van der Waals surface area contributed by atoms with E-state index in [2.05, 4.69) is 46.1 Å². The topological polar surface area (TPSA) is 83.1 Å². The third-order valence-electron chi connectivity index (χ3n) is 2.90. The van der Waals surface area contributed by atoms with Crippen LogP contribution in [0.1, 0.15) is 15.3 Å². The van der Waals surface area contributed by atoms with E-state index in [0.717, 1.165) is 24.6 Å². The first kappa shape index (κ1) is 17.5. The molecule has 3 N–H and O–H groups in total. The Morgan fingerprint density at radius 3 is 2.86 bits per heavy atom. The molecule has 0 radical (unpaired) electrons. The van der Waals surface area contributed by atoms with Crippen LogP contribution in [0, 0.1) is 6.92 Å². The molecule has 122 valence electrons. The van der Waals surface area contributed by atoms with E-state index >= 15 is 0 Å². The molecule has 22 heavy (non-hydrogen) atoms. The summed E-state index contributed by atoms with van der Waals surface area (Å²) in [6.07, 6.45) is 0. The fourth-order valence-electron chi connectivity index (χ4n) is 1.92. The summed E-state index contributed by atoms with van der Waals surface area (Å²) in [5.74, 6) is 2.60. The second-order valence-corrected chi connectivity index (χ2v) is 8.34. The number of hydrogen-bond donors (Lipinski definition) is 2. The Labute approximate surface area is 142 Å². The van der Waals surface area contributed by atoms with Crippen LogP contribution in [0.5, 0.6) is 0 Å². The molecule has 0 spiro atoms. The Morgan fingerprint density at radius 1 is 1.45 bits per heavy atom. The third kappa shape index (κ3) is 5.08. The average Bonchev–Trinajstić information content (AvgIpc) is 2.92. The molecule has 1 unspecified atom stereocenters. The molecule has 1 aliphatic rings. The van der Waals surface area contributed by atoms with Gasteiger partial charge in [-0.05, 0) is 32.6 Å². The van der Waals surface area contributed by atoms with E-state index in [4.69, 9.17) is 5.73 Å². The Hall–Kier alpha value is -0.900. The molecule has 0 bridgehead atoms. The summed E-state index contributed by atoms with van der Waals surface area (Å²) in [6, 6.07) is 2.28. The van der Waals surface area contributed by atoms with Crippen molar-refractivity contribution < 1.29 is 4.21 Å². The molecule has 0 aliphatic carbocycles. The van der Waals surface area contributed by atoms with Crippen molar-refractivity contribution in [1.82, 2.24) is 10.2 Å². The SMILES string of the molecule is Cc1cc(CSCCNC2=NS(=O)N=C2N)sc1CN(C)C. The Kier molecular flexibility index (Phi) is 6.42. The second-order valence-electron chi connectivity index (χ2n) is 5.18. The molecule has 0 amide bonds. The number of aryl methyl sites for hydroxylation is 1. The zero-order valence-corrected chi connectivity index (χ0v) is 15.4. The Morgan fingerprint density at radius 2 is 2.23 bits per heavy atom. The second kappa shape index (κ2) is 8.09. The Bertz CT molecular complexity index is 609. The monoisotopic (exact) mass is 359 g/mol. The molecule has 0 saturated heterocycles. The summed E-state index contributed by atoms with van der Waals surface area (Å²) >= 11 is 2.20. The lowest BCUT2D eigenvalue weighted by atomic mass is 10.2. The predicted octanol–water partition coefficient (Wildman–Crippen LogP) is 1.29. The smallest absolute Gasteiger partial charge is 0.269 e. The minimum Gasteiger partial charge on any atom is -0.380 e. The first-order valence-corrected chi connectivity index (χ1v) is 9.89. The van der Waals surface area contributed by atoms with Gasteiger partial charge in [0.2, 0.25) is 0 Å². The van der Waals surface area contributed by atoms with Crippen molar-refractivity contribution in [1.29, 1.82) is 0 Å². The first-order valence-electron chi connectivity index (χ1n) is 6.85. The van der Waals surface area contributed by atoms with E-state index in [1.807, 2.05) is 23.1 Å². The standard InChI is InChI=1S/C13H21N5OS3/c1-9-6-10(21-11(9)7-18(2)3)8-20-5-4-15-13-12(14)16-22(19)17-13/h6H,4-5,7-8H2,1-3H3,(H2,14,16)(H,15,17). The van der Waals surface area contributed by atoms with E-state index in [1.165, 1.54) is 15.3 Å². The summed E-state index contributed by atoms with van der Waals surface area (Å²) in [5.41, 5.74) is 6.96. The summed E-state index contributed by atoms with van der Waals surface area (Å²) in [7, 11) is 4.18. The van der Waals surface area contributed by atoms with Crippen molar-refractivity contribution in [3.8, 4) is 0 Å². The zero-order valence-electron chi connectivity index (χ0n) is 13.0. The number of nitrogens with one attached hydrogen (secondary N) is 1. The van der Waals surface area contributed by atoms with Gasteiger partial charge in [0, 0.05) is 34.3 Å². The quantitative estimate of drug-likeness (QED) is 0.717. The fraction of sp³-hybridized carbons (Fsp3) is 0.538. The highest BCUT2D eigenvalue weighted by Crippen LogP contribution is 2.26. The van der Waals surface area contributed by atoms with Crippen LogP contribution in [0.2, 0.25) is 0 Å². The van der Waals surface area contributed by atoms with Gasteiger partial charge >= 0.3 is 0 Å². The Balaban J connectivity index is 1.70. The molecule has 6 nitrogen and oxygen atoms in total. The van der Waals surface area contributed by atoms with E-state index in [-0.39, 0.29) is 5.84 Å². The molecule has 0 saturated carbocycles. The van der Waals surface area contributed by atoms with Gasteiger partial charge in [-0.3, -0.25) is 0 Å². The van der Waals surface area contributed by atoms with Crippen molar-refractivity contribution in [2.24, 2.45) is 14.5 Å². The van der Waals surface area contributed by atoms with Crippen molar-refractivity contribution in [2.75, 3.05) is 26.4 Å². The summed E-state index contributed by atoms with van der Waals surface area (Å²) < 4.78 is 18.5. The van der Waals surface area contributed by atoms with Gasteiger partial charge in [0.1, 0.15) is 0 Å². The fourth-order valence-corrected chi connectivity index (χ4v) is 4.78. The lowest BCUT2D eigenvalue weighted by Gasteiger charge is -2.07. The molecule has 1 aromatic heterocycles. The van der Waals surface area contributed by atoms with Gasteiger partial charge in [0.05, 0.1) is 0 Å². The maximum Gasteiger partial charge on any atom is 0.269 e. The van der Waals surface area contributed by atoms with Gasteiger partial charge in [-0.1, -0.05) is 0 Å². The van der Waals surface area contributed by atoms with Crippen LogP contribution in [0.25, 0.3) is 0 Å². The van der Waals surface area contributed by atoms with Gasteiger partial charge < -0.3 is 16.0 Å². The summed E-state index contributed by atoms with van der Waals surface area (Å²) in [6.45, 7) is 3.90. The molecule has 1 atom stereocenters. The molecule has 2 heterocycles. The number of thiophene rings is 1. The maximum absolute atomic E-state index is 11.1. The molecule has 9 heteroatoms. The highest BCUT2D eigenvalue weighted by atomic mass is 32.2.